The van der Waals surface area contributed by atoms with Crippen molar-refractivity contribution in [3.8, 4) is 5.75 Å². The molecule has 0 spiro atoms. The number of fused-ring (bicyclic) bond motifs is 1. The van der Waals surface area contributed by atoms with Crippen molar-refractivity contribution in [3.63, 3.8) is 0 Å². The van der Waals surface area contributed by atoms with Crippen molar-refractivity contribution in [3.05, 3.63) is 40.2 Å². The van der Waals surface area contributed by atoms with Crippen LogP contribution in [0.1, 0.15) is 10.4 Å². The van der Waals surface area contributed by atoms with Gasteiger partial charge in [-0.2, -0.15) is 0 Å². The fourth-order valence-corrected chi connectivity index (χ4v) is 1.37. The van der Waals surface area contributed by atoms with E-state index in [2.05, 4.69) is 0 Å². The van der Waals surface area contributed by atoms with Gasteiger partial charge in [0.05, 0.1) is 18.6 Å². The Kier molecular flexibility index (Phi) is 2.36. The summed E-state index contributed by atoms with van der Waals surface area (Å²) >= 11 is 0. The number of carboxylic acid groups (broad SMARTS) is 1. The van der Waals surface area contributed by atoms with Crippen LogP contribution in [0.3, 0.4) is 0 Å². The third-order valence-corrected chi connectivity index (χ3v) is 2.16. The standard InChI is InChI=1S/C11H8O5/c1-15-7-2-3-9-6(4-7)5-8(10(12)13)11(14)16-9/h2-5H,1H3,(H,12,13)/p-1. The smallest absolute Gasteiger partial charge is 0.345 e. The number of carbonyl (C=O) groups is 1. The van der Waals surface area contributed by atoms with Crippen molar-refractivity contribution in [1.82, 2.24) is 0 Å². The minimum Gasteiger partial charge on any atom is -0.545 e. The van der Waals surface area contributed by atoms with Crippen molar-refractivity contribution in [1.29, 1.82) is 0 Å². The number of methoxy groups -OCH3 is 1. The second-order valence-electron chi connectivity index (χ2n) is 3.14. The molecule has 1 heterocycles. The molecular formula is C11H7O5-. The van der Waals surface area contributed by atoms with Crippen LogP contribution in [0.5, 0.6) is 5.75 Å². The van der Waals surface area contributed by atoms with Crippen LogP contribution in [0.15, 0.2) is 33.5 Å². The molecule has 0 saturated carbocycles. The van der Waals surface area contributed by atoms with E-state index in [-0.39, 0.29) is 0 Å². The highest BCUT2D eigenvalue weighted by molar-refractivity contribution is 5.90. The molecule has 2 rings (SSSR count). The molecule has 16 heavy (non-hydrogen) atoms. The van der Waals surface area contributed by atoms with Gasteiger partial charge in [-0.1, -0.05) is 0 Å². The lowest BCUT2D eigenvalue weighted by atomic mass is 10.2. The molecule has 0 aliphatic heterocycles. The van der Waals surface area contributed by atoms with Gasteiger partial charge in [-0.15, -0.1) is 0 Å². The highest BCUT2D eigenvalue weighted by Gasteiger charge is 2.06. The summed E-state index contributed by atoms with van der Waals surface area (Å²) in [7, 11) is 1.49. The SMILES string of the molecule is COc1ccc2oc(=O)c(C(=O)[O-])cc2c1. The van der Waals surface area contributed by atoms with Crippen LogP contribution in [0, 0.1) is 0 Å². The van der Waals surface area contributed by atoms with Gasteiger partial charge in [0.25, 0.3) is 0 Å². The van der Waals surface area contributed by atoms with E-state index in [4.69, 9.17) is 9.15 Å². The predicted molar refractivity (Wildman–Crippen MR) is 53.4 cm³/mol. The molecule has 0 atom stereocenters. The normalized spacial score (nSPS) is 10.3. The van der Waals surface area contributed by atoms with E-state index >= 15 is 0 Å². The monoisotopic (exact) mass is 219 g/mol. The molecule has 0 fully saturated rings. The van der Waals surface area contributed by atoms with Gasteiger partial charge >= 0.3 is 5.63 Å². The number of ether oxygens (including phenoxy) is 1. The molecule has 0 aliphatic carbocycles. The second kappa shape index (κ2) is 3.69. The Morgan fingerprint density at radius 2 is 2.12 bits per heavy atom. The largest absolute Gasteiger partial charge is 0.545 e. The first kappa shape index (κ1) is 10.2. The summed E-state index contributed by atoms with van der Waals surface area (Å²) in [5, 5.41) is 11.1. The molecule has 1 aromatic carbocycles. The Morgan fingerprint density at radius 3 is 2.75 bits per heavy atom. The molecule has 0 amide bonds. The highest BCUT2D eigenvalue weighted by atomic mass is 16.5. The molecule has 0 bridgehead atoms. The molecule has 0 aliphatic rings. The Morgan fingerprint density at radius 1 is 1.38 bits per heavy atom. The zero-order chi connectivity index (χ0) is 11.7. The van der Waals surface area contributed by atoms with E-state index in [0.29, 0.717) is 16.7 Å². The first-order chi connectivity index (χ1) is 7.61. The number of hydrogen-bond donors (Lipinski definition) is 0. The van der Waals surface area contributed by atoms with Gasteiger partial charge < -0.3 is 19.1 Å². The number of rotatable bonds is 2. The van der Waals surface area contributed by atoms with Crippen LogP contribution in [-0.2, 0) is 0 Å². The summed E-state index contributed by atoms with van der Waals surface area (Å²) in [6.45, 7) is 0. The maximum absolute atomic E-state index is 11.2. The van der Waals surface area contributed by atoms with E-state index in [1.165, 1.54) is 19.2 Å². The van der Waals surface area contributed by atoms with Crippen LogP contribution in [-0.4, -0.2) is 13.1 Å². The Balaban J connectivity index is 2.75. The van der Waals surface area contributed by atoms with E-state index < -0.39 is 17.2 Å². The molecule has 2 aromatic rings. The molecule has 1 aromatic heterocycles. The van der Waals surface area contributed by atoms with Crippen molar-refractivity contribution < 1.29 is 19.1 Å². The van der Waals surface area contributed by atoms with Crippen molar-refractivity contribution in [2.45, 2.75) is 0 Å². The molecular weight excluding hydrogens is 212 g/mol. The van der Waals surface area contributed by atoms with Crippen molar-refractivity contribution in [2.24, 2.45) is 0 Å². The van der Waals surface area contributed by atoms with E-state index in [1.807, 2.05) is 0 Å². The third-order valence-electron chi connectivity index (χ3n) is 2.16. The highest BCUT2D eigenvalue weighted by Crippen LogP contribution is 2.19. The number of hydrogen-bond acceptors (Lipinski definition) is 5. The number of carbonyl (C=O) groups excluding carboxylic acids is 1. The topological polar surface area (TPSA) is 79.6 Å². The Labute approximate surface area is 89.9 Å². The Hall–Kier alpha value is -2.30. The van der Waals surface area contributed by atoms with Gasteiger partial charge in [-0.3, -0.25) is 0 Å². The molecule has 0 radical (unpaired) electrons. The van der Waals surface area contributed by atoms with Crippen LogP contribution in [0.25, 0.3) is 11.0 Å². The lowest BCUT2D eigenvalue weighted by molar-refractivity contribution is -0.255. The van der Waals surface area contributed by atoms with Gasteiger partial charge in [-0.25, -0.2) is 4.79 Å². The van der Waals surface area contributed by atoms with E-state index in [1.54, 1.807) is 12.1 Å². The van der Waals surface area contributed by atoms with E-state index in [0.717, 1.165) is 0 Å². The van der Waals surface area contributed by atoms with E-state index in [9.17, 15) is 14.7 Å². The molecule has 0 saturated heterocycles. The lowest BCUT2D eigenvalue weighted by Gasteiger charge is -2.04. The number of aromatic carboxylic acids is 1. The quantitative estimate of drug-likeness (QED) is 0.672. The van der Waals surface area contributed by atoms with Gasteiger partial charge in [-0.05, 0) is 24.3 Å². The number of carboxylic acids is 1. The van der Waals surface area contributed by atoms with Crippen LogP contribution in [0.2, 0.25) is 0 Å². The first-order valence-electron chi connectivity index (χ1n) is 4.45. The van der Waals surface area contributed by atoms with Gasteiger partial charge in [0.2, 0.25) is 0 Å². The van der Waals surface area contributed by atoms with Crippen LogP contribution in [0.4, 0.5) is 0 Å². The molecule has 5 nitrogen and oxygen atoms in total. The van der Waals surface area contributed by atoms with Gasteiger partial charge in [0.15, 0.2) is 0 Å². The third kappa shape index (κ3) is 1.63. The molecule has 0 unspecified atom stereocenters. The number of benzene rings is 1. The van der Waals surface area contributed by atoms with Crippen LogP contribution >= 0.6 is 0 Å². The first-order valence-corrected chi connectivity index (χ1v) is 4.45. The zero-order valence-electron chi connectivity index (χ0n) is 8.35. The summed E-state index contributed by atoms with van der Waals surface area (Å²) in [5.41, 5.74) is -1.12. The van der Waals surface area contributed by atoms with Crippen LogP contribution < -0.4 is 15.5 Å². The zero-order valence-corrected chi connectivity index (χ0v) is 8.35. The summed E-state index contributed by atoms with van der Waals surface area (Å²) in [5.74, 6) is -1.01. The minimum absolute atomic E-state index is 0.302. The fourth-order valence-electron chi connectivity index (χ4n) is 1.37. The maximum atomic E-state index is 11.2. The second-order valence-corrected chi connectivity index (χ2v) is 3.14. The lowest BCUT2D eigenvalue weighted by Crippen LogP contribution is -2.28. The molecule has 5 heteroatoms. The minimum atomic E-state index is -1.56. The average Bonchev–Trinajstić information content (AvgIpc) is 2.27. The average molecular weight is 219 g/mol. The predicted octanol–water partition coefficient (Wildman–Crippen LogP) is 0.165. The summed E-state index contributed by atoms with van der Waals surface area (Å²) < 4.78 is 9.79. The summed E-state index contributed by atoms with van der Waals surface area (Å²) in [4.78, 5) is 21.8. The Bertz CT molecular complexity index is 611. The summed E-state index contributed by atoms with van der Waals surface area (Å²) in [6, 6.07) is 5.93. The molecule has 0 N–H and O–H groups in total. The summed E-state index contributed by atoms with van der Waals surface area (Å²) in [6.07, 6.45) is 0. The molecule has 82 valence electrons. The fraction of sp³-hybridized carbons (Fsp3) is 0.0909. The van der Waals surface area contributed by atoms with Crippen molar-refractivity contribution in [2.75, 3.05) is 7.11 Å². The van der Waals surface area contributed by atoms with Crippen molar-refractivity contribution >= 4 is 16.9 Å². The maximum Gasteiger partial charge on any atom is 0.345 e. The van der Waals surface area contributed by atoms with Gasteiger partial charge in [0, 0.05) is 5.39 Å². The van der Waals surface area contributed by atoms with Gasteiger partial charge in [0.1, 0.15) is 11.3 Å².